The van der Waals surface area contributed by atoms with Gasteiger partial charge in [-0.1, -0.05) is 36.4 Å². The molecule has 0 fully saturated rings. The van der Waals surface area contributed by atoms with E-state index in [2.05, 4.69) is 10.6 Å². The molecule has 2 amide bonds. The Kier molecular flexibility index (Phi) is 13.6. The van der Waals surface area contributed by atoms with E-state index in [1.165, 1.54) is 38.5 Å². The van der Waals surface area contributed by atoms with Crippen molar-refractivity contribution in [2.75, 3.05) is 27.3 Å². The van der Waals surface area contributed by atoms with Crippen molar-refractivity contribution in [2.24, 2.45) is 0 Å². The van der Waals surface area contributed by atoms with E-state index in [1.807, 2.05) is 24.3 Å². The molecule has 0 unspecified atom stereocenters. The Morgan fingerprint density at radius 3 is 1.30 bits per heavy atom. The maximum atomic E-state index is 11.8. The average molecular weight is 627 g/mol. The maximum absolute atomic E-state index is 11.8. The number of benzene rings is 4. The Balaban J connectivity index is 0.000000250. The first-order chi connectivity index (χ1) is 22.2. The molecule has 0 aromatic heterocycles. The number of amides is 2. The zero-order chi connectivity index (χ0) is 33.3. The summed E-state index contributed by atoms with van der Waals surface area (Å²) in [6.07, 6.45) is 7.54. The standard InChI is InChI=1S/2C18H19NO4/c2*1-23-17-12-14(4-8-16(17)21)5-9-18(22)19-11-10-13-2-6-15(20)7-3-13/h2*2-9,12,20-21H,10-11H2,1H3,(H,19,22)/b2*9-5+. The van der Waals surface area contributed by atoms with Gasteiger partial charge < -0.3 is 40.5 Å². The smallest absolute Gasteiger partial charge is 0.244 e. The second-order valence-electron chi connectivity index (χ2n) is 9.94. The quantitative estimate of drug-likeness (QED) is 0.121. The Labute approximate surface area is 267 Å². The van der Waals surface area contributed by atoms with Gasteiger partial charge in [0.15, 0.2) is 23.0 Å². The fraction of sp³-hybridized carbons (Fsp3) is 0.167. The Hall–Kier alpha value is -5.90. The summed E-state index contributed by atoms with van der Waals surface area (Å²) in [6, 6.07) is 23.5. The summed E-state index contributed by atoms with van der Waals surface area (Å²) in [7, 11) is 2.94. The van der Waals surface area contributed by atoms with Gasteiger partial charge in [0.05, 0.1) is 14.2 Å². The molecule has 46 heavy (non-hydrogen) atoms. The third-order valence-electron chi connectivity index (χ3n) is 6.56. The molecular weight excluding hydrogens is 588 g/mol. The van der Waals surface area contributed by atoms with Gasteiger partial charge in [0.1, 0.15) is 11.5 Å². The number of ether oxygens (including phenoxy) is 2. The number of carbonyl (C=O) groups excluding carboxylic acids is 2. The van der Waals surface area contributed by atoms with E-state index >= 15 is 0 Å². The van der Waals surface area contributed by atoms with E-state index in [9.17, 15) is 30.0 Å². The van der Waals surface area contributed by atoms with Gasteiger partial charge in [-0.05, 0) is 95.8 Å². The summed E-state index contributed by atoms with van der Waals surface area (Å²) in [5.41, 5.74) is 3.59. The summed E-state index contributed by atoms with van der Waals surface area (Å²) in [5, 5.41) is 43.0. The van der Waals surface area contributed by atoms with Crippen molar-refractivity contribution in [3.8, 4) is 34.5 Å². The average Bonchev–Trinajstić information content (AvgIpc) is 3.06. The molecule has 0 aliphatic rings. The van der Waals surface area contributed by atoms with Crippen LogP contribution in [0.3, 0.4) is 0 Å². The lowest BCUT2D eigenvalue weighted by atomic mass is 10.1. The van der Waals surface area contributed by atoms with Crippen molar-refractivity contribution in [3.63, 3.8) is 0 Å². The van der Waals surface area contributed by atoms with Crippen LogP contribution in [0, 0.1) is 0 Å². The molecule has 10 heteroatoms. The van der Waals surface area contributed by atoms with Crippen molar-refractivity contribution in [3.05, 3.63) is 119 Å². The SMILES string of the molecule is COc1cc(/C=C/C(=O)NCCc2ccc(O)cc2)ccc1O.COc1cc(/C=C/C(=O)NCCc2ccc(O)cc2)ccc1O. The highest BCUT2D eigenvalue weighted by Gasteiger charge is 2.03. The molecule has 4 aromatic rings. The van der Waals surface area contributed by atoms with E-state index in [0.29, 0.717) is 37.4 Å². The van der Waals surface area contributed by atoms with Crippen LogP contribution >= 0.6 is 0 Å². The second kappa shape index (κ2) is 18.0. The van der Waals surface area contributed by atoms with E-state index in [-0.39, 0.29) is 34.8 Å². The topological polar surface area (TPSA) is 158 Å². The normalized spacial score (nSPS) is 10.7. The summed E-state index contributed by atoms with van der Waals surface area (Å²) >= 11 is 0. The van der Waals surface area contributed by atoms with Crippen molar-refractivity contribution < 1.29 is 39.5 Å². The van der Waals surface area contributed by atoms with Gasteiger partial charge in [-0.25, -0.2) is 0 Å². The summed E-state index contributed by atoms with van der Waals surface area (Å²) in [4.78, 5) is 23.5. The zero-order valence-electron chi connectivity index (χ0n) is 25.6. The monoisotopic (exact) mass is 626 g/mol. The van der Waals surface area contributed by atoms with E-state index in [4.69, 9.17) is 9.47 Å². The molecule has 0 saturated heterocycles. The lowest BCUT2D eigenvalue weighted by molar-refractivity contribution is -0.117. The molecule has 0 saturated carbocycles. The Morgan fingerprint density at radius 1 is 0.587 bits per heavy atom. The minimum Gasteiger partial charge on any atom is -0.508 e. The molecule has 4 rings (SSSR count). The van der Waals surface area contributed by atoms with Crippen LogP contribution < -0.4 is 20.1 Å². The molecule has 6 N–H and O–H groups in total. The molecule has 0 aliphatic heterocycles. The van der Waals surface area contributed by atoms with Gasteiger partial charge in [-0.2, -0.15) is 0 Å². The van der Waals surface area contributed by atoms with Gasteiger partial charge in [-0.3, -0.25) is 9.59 Å². The molecule has 10 nitrogen and oxygen atoms in total. The van der Waals surface area contributed by atoms with Crippen LogP contribution in [0.1, 0.15) is 22.3 Å². The van der Waals surface area contributed by atoms with Gasteiger partial charge in [0, 0.05) is 25.2 Å². The number of carbonyl (C=O) groups is 2. The van der Waals surface area contributed by atoms with Crippen molar-refractivity contribution in [2.45, 2.75) is 12.8 Å². The summed E-state index contributed by atoms with van der Waals surface area (Å²) < 4.78 is 10.0. The highest BCUT2D eigenvalue weighted by atomic mass is 16.5. The second-order valence-corrected chi connectivity index (χ2v) is 9.94. The van der Waals surface area contributed by atoms with Crippen molar-refractivity contribution in [1.29, 1.82) is 0 Å². The number of nitrogens with one attached hydrogen (secondary N) is 2. The first-order valence-electron chi connectivity index (χ1n) is 14.4. The zero-order valence-corrected chi connectivity index (χ0v) is 25.6. The Morgan fingerprint density at radius 2 is 0.957 bits per heavy atom. The predicted octanol–water partition coefficient (Wildman–Crippen LogP) is 4.96. The van der Waals surface area contributed by atoms with Crippen LogP contribution in [-0.4, -0.2) is 59.5 Å². The number of hydrogen-bond acceptors (Lipinski definition) is 8. The number of methoxy groups -OCH3 is 2. The molecule has 0 atom stereocenters. The lowest BCUT2D eigenvalue weighted by Crippen LogP contribution is -2.23. The third-order valence-corrected chi connectivity index (χ3v) is 6.56. The third kappa shape index (κ3) is 12.0. The molecule has 0 aliphatic carbocycles. The van der Waals surface area contributed by atoms with E-state index < -0.39 is 0 Å². The van der Waals surface area contributed by atoms with E-state index in [0.717, 1.165) is 22.3 Å². The highest BCUT2D eigenvalue weighted by Crippen LogP contribution is 2.27. The largest absolute Gasteiger partial charge is 0.508 e. The fourth-order valence-electron chi connectivity index (χ4n) is 4.04. The van der Waals surface area contributed by atoms with Gasteiger partial charge in [0.2, 0.25) is 11.8 Å². The molecular formula is C36H38N2O8. The van der Waals surface area contributed by atoms with Crippen LogP contribution in [-0.2, 0) is 22.4 Å². The van der Waals surface area contributed by atoms with Crippen LogP contribution in [0.15, 0.2) is 97.1 Å². The maximum Gasteiger partial charge on any atom is 0.244 e. The molecule has 0 spiro atoms. The number of phenolic OH excluding ortho intramolecular Hbond substituents is 4. The van der Waals surface area contributed by atoms with E-state index in [1.54, 1.807) is 60.7 Å². The number of aromatic hydroxyl groups is 4. The first kappa shape index (κ1) is 34.6. The van der Waals surface area contributed by atoms with Crippen LogP contribution in [0.2, 0.25) is 0 Å². The fourth-order valence-corrected chi connectivity index (χ4v) is 4.04. The van der Waals surface area contributed by atoms with Gasteiger partial charge in [-0.15, -0.1) is 0 Å². The number of phenols is 4. The molecule has 0 heterocycles. The molecule has 4 aromatic carbocycles. The molecule has 0 radical (unpaired) electrons. The molecule has 0 bridgehead atoms. The van der Waals surface area contributed by atoms with Crippen LogP contribution in [0.4, 0.5) is 0 Å². The number of hydrogen-bond donors (Lipinski definition) is 6. The van der Waals surface area contributed by atoms with Crippen LogP contribution in [0.5, 0.6) is 34.5 Å². The van der Waals surface area contributed by atoms with Crippen LogP contribution in [0.25, 0.3) is 12.2 Å². The van der Waals surface area contributed by atoms with Gasteiger partial charge in [0.25, 0.3) is 0 Å². The summed E-state index contributed by atoms with van der Waals surface area (Å²) in [6.45, 7) is 1.01. The number of rotatable bonds is 12. The minimum absolute atomic E-state index is 0.0583. The van der Waals surface area contributed by atoms with Gasteiger partial charge >= 0.3 is 0 Å². The minimum atomic E-state index is -0.198. The highest BCUT2D eigenvalue weighted by molar-refractivity contribution is 5.92. The Bertz CT molecular complexity index is 1510. The van der Waals surface area contributed by atoms with Crippen molar-refractivity contribution in [1.82, 2.24) is 10.6 Å². The summed E-state index contributed by atoms with van der Waals surface area (Å²) in [5.74, 6) is 0.896. The predicted molar refractivity (Wildman–Crippen MR) is 177 cm³/mol. The molecule has 240 valence electrons. The first-order valence-corrected chi connectivity index (χ1v) is 14.4. The lowest BCUT2D eigenvalue weighted by Gasteiger charge is -2.04. The van der Waals surface area contributed by atoms with Crippen molar-refractivity contribution >= 4 is 24.0 Å².